The number of carbonyl (C=O) groups is 1. The smallest absolute Gasteiger partial charge is 0.253 e. The zero-order valence-corrected chi connectivity index (χ0v) is 11.3. The number of anilines is 1. The molecule has 0 fully saturated rings. The molecule has 0 atom stereocenters. The average molecular weight is 311 g/mol. The van der Waals surface area contributed by atoms with Crippen molar-refractivity contribution in [2.45, 2.75) is 6.54 Å². The number of rotatable bonds is 3. The van der Waals surface area contributed by atoms with E-state index in [0.29, 0.717) is 17.8 Å². The fourth-order valence-electron chi connectivity index (χ4n) is 1.41. The Hall–Kier alpha value is -1.33. The van der Waals surface area contributed by atoms with E-state index >= 15 is 0 Å². The van der Waals surface area contributed by atoms with Crippen LogP contribution in [0.5, 0.6) is 0 Å². The molecule has 0 unspecified atom stereocenters. The zero-order chi connectivity index (χ0) is 12.3. The summed E-state index contributed by atoms with van der Waals surface area (Å²) in [5.41, 5.74) is 6.74. The molecule has 1 heterocycles. The Kier molecular flexibility index (Phi) is 3.81. The summed E-state index contributed by atoms with van der Waals surface area (Å²) in [6.07, 6.45) is 0. The SMILES string of the molecule is Nc1ccccc1C(=O)NCc1sccc1Br. The van der Waals surface area contributed by atoms with Gasteiger partial charge in [-0.3, -0.25) is 4.79 Å². The van der Waals surface area contributed by atoms with E-state index < -0.39 is 0 Å². The first-order valence-electron chi connectivity index (χ1n) is 5.03. The van der Waals surface area contributed by atoms with Crippen LogP contribution >= 0.6 is 27.3 Å². The molecule has 5 heteroatoms. The van der Waals surface area contributed by atoms with Crippen LogP contribution in [0.25, 0.3) is 0 Å². The third kappa shape index (κ3) is 2.87. The highest BCUT2D eigenvalue weighted by Crippen LogP contribution is 2.22. The van der Waals surface area contributed by atoms with E-state index in [-0.39, 0.29) is 5.91 Å². The van der Waals surface area contributed by atoms with Gasteiger partial charge < -0.3 is 11.1 Å². The molecule has 1 amide bonds. The maximum Gasteiger partial charge on any atom is 0.253 e. The summed E-state index contributed by atoms with van der Waals surface area (Å²) >= 11 is 5.02. The highest BCUT2D eigenvalue weighted by molar-refractivity contribution is 9.10. The molecule has 0 aliphatic carbocycles. The molecular weight excluding hydrogens is 300 g/mol. The summed E-state index contributed by atoms with van der Waals surface area (Å²) < 4.78 is 1.02. The predicted octanol–water partition coefficient (Wildman–Crippen LogP) is 3.02. The lowest BCUT2D eigenvalue weighted by atomic mass is 10.1. The first-order valence-corrected chi connectivity index (χ1v) is 6.70. The lowest BCUT2D eigenvalue weighted by Gasteiger charge is -2.06. The van der Waals surface area contributed by atoms with Crippen molar-refractivity contribution in [3.05, 3.63) is 50.6 Å². The number of hydrogen-bond donors (Lipinski definition) is 2. The van der Waals surface area contributed by atoms with Gasteiger partial charge in [-0.15, -0.1) is 11.3 Å². The molecule has 0 spiro atoms. The number of nitrogens with one attached hydrogen (secondary N) is 1. The Morgan fingerprint density at radius 1 is 1.35 bits per heavy atom. The summed E-state index contributed by atoms with van der Waals surface area (Å²) in [5.74, 6) is -0.150. The zero-order valence-electron chi connectivity index (χ0n) is 8.94. The molecule has 0 aliphatic heterocycles. The number of thiophene rings is 1. The molecule has 3 nitrogen and oxygen atoms in total. The van der Waals surface area contributed by atoms with E-state index in [9.17, 15) is 4.79 Å². The van der Waals surface area contributed by atoms with Gasteiger partial charge in [0.2, 0.25) is 0 Å². The first kappa shape index (κ1) is 12.1. The number of amides is 1. The number of para-hydroxylation sites is 1. The van der Waals surface area contributed by atoms with Crippen molar-refractivity contribution >= 4 is 38.9 Å². The number of carbonyl (C=O) groups excluding carboxylic acids is 1. The van der Waals surface area contributed by atoms with Crippen molar-refractivity contribution in [2.24, 2.45) is 0 Å². The lowest BCUT2D eigenvalue weighted by molar-refractivity contribution is 0.0952. The van der Waals surface area contributed by atoms with E-state index in [1.807, 2.05) is 17.5 Å². The molecule has 3 N–H and O–H groups in total. The summed E-state index contributed by atoms with van der Waals surface area (Å²) in [4.78, 5) is 13.0. The highest BCUT2D eigenvalue weighted by Gasteiger charge is 2.09. The molecule has 1 aromatic heterocycles. The van der Waals surface area contributed by atoms with Gasteiger partial charge in [0.15, 0.2) is 0 Å². The van der Waals surface area contributed by atoms with Gasteiger partial charge in [0, 0.05) is 15.0 Å². The first-order chi connectivity index (χ1) is 8.18. The number of nitrogens with two attached hydrogens (primary N) is 1. The van der Waals surface area contributed by atoms with Crippen LogP contribution in [0.3, 0.4) is 0 Å². The Balaban J connectivity index is 2.04. The van der Waals surface area contributed by atoms with Crippen LogP contribution in [0, 0.1) is 0 Å². The van der Waals surface area contributed by atoms with Gasteiger partial charge in [-0.2, -0.15) is 0 Å². The van der Waals surface area contributed by atoms with Gasteiger partial charge in [-0.25, -0.2) is 0 Å². The van der Waals surface area contributed by atoms with Gasteiger partial charge in [0.25, 0.3) is 5.91 Å². The van der Waals surface area contributed by atoms with Gasteiger partial charge in [0.05, 0.1) is 12.1 Å². The third-order valence-corrected chi connectivity index (χ3v) is 4.23. The van der Waals surface area contributed by atoms with E-state index in [0.717, 1.165) is 9.35 Å². The predicted molar refractivity (Wildman–Crippen MR) is 74.0 cm³/mol. The van der Waals surface area contributed by atoms with Crippen molar-refractivity contribution in [1.82, 2.24) is 5.32 Å². The van der Waals surface area contributed by atoms with Gasteiger partial charge in [0.1, 0.15) is 0 Å². The number of hydrogen-bond acceptors (Lipinski definition) is 3. The van der Waals surface area contributed by atoms with Crippen LogP contribution in [-0.2, 0) is 6.54 Å². The molecule has 0 aliphatic rings. The standard InChI is InChI=1S/C12H11BrN2OS/c13-9-5-6-17-11(9)7-15-12(16)8-3-1-2-4-10(8)14/h1-6H,7,14H2,(H,15,16). The van der Waals surface area contributed by atoms with Crippen LogP contribution in [0.4, 0.5) is 5.69 Å². The van der Waals surface area contributed by atoms with E-state index in [2.05, 4.69) is 21.2 Å². The fraction of sp³-hybridized carbons (Fsp3) is 0.0833. The molecule has 0 saturated carbocycles. The second-order valence-corrected chi connectivity index (χ2v) is 5.32. The summed E-state index contributed by atoms with van der Waals surface area (Å²) in [6, 6.07) is 9.00. The minimum atomic E-state index is -0.150. The summed E-state index contributed by atoms with van der Waals surface area (Å²) in [5, 5.41) is 4.82. The largest absolute Gasteiger partial charge is 0.398 e. The van der Waals surface area contributed by atoms with Crippen molar-refractivity contribution < 1.29 is 4.79 Å². The topological polar surface area (TPSA) is 55.1 Å². The molecule has 88 valence electrons. The summed E-state index contributed by atoms with van der Waals surface area (Å²) in [6.45, 7) is 0.505. The van der Waals surface area contributed by atoms with Crippen molar-refractivity contribution in [1.29, 1.82) is 0 Å². The fourth-order valence-corrected chi connectivity index (χ4v) is 2.84. The van der Waals surface area contributed by atoms with Crippen molar-refractivity contribution in [3.8, 4) is 0 Å². The van der Waals surface area contributed by atoms with E-state index in [1.165, 1.54) is 0 Å². The molecule has 1 aromatic carbocycles. The van der Waals surface area contributed by atoms with Crippen LogP contribution in [0.2, 0.25) is 0 Å². The molecule has 2 rings (SSSR count). The Bertz CT molecular complexity index is 539. The van der Waals surface area contributed by atoms with E-state index in [1.54, 1.807) is 29.5 Å². The highest BCUT2D eigenvalue weighted by atomic mass is 79.9. The molecule has 17 heavy (non-hydrogen) atoms. The van der Waals surface area contributed by atoms with Crippen molar-refractivity contribution in [3.63, 3.8) is 0 Å². The number of halogens is 1. The van der Waals surface area contributed by atoms with Gasteiger partial charge in [-0.05, 0) is 39.5 Å². The van der Waals surface area contributed by atoms with Gasteiger partial charge in [-0.1, -0.05) is 12.1 Å². The Morgan fingerprint density at radius 2 is 2.12 bits per heavy atom. The minimum absolute atomic E-state index is 0.150. The second kappa shape index (κ2) is 5.33. The second-order valence-electron chi connectivity index (χ2n) is 3.46. The normalized spacial score (nSPS) is 10.2. The van der Waals surface area contributed by atoms with E-state index in [4.69, 9.17) is 5.73 Å². The maximum absolute atomic E-state index is 11.9. The third-order valence-electron chi connectivity index (χ3n) is 2.31. The monoisotopic (exact) mass is 310 g/mol. The lowest BCUT2D eigenvalue weighted by Crippen LogP contribution is -2.23. The average Bonchev–Trinajstić information content (AvgIpc) is 2.72. The molecular formula is C12H11BrN2OS. The summed E-state index contributed by atoms with van der Waals surface area (Å²) in [7, 11) is 0. The molecule has 0 bridgehead atoms. The van der Waals surface area contributed by atoms with Crippen LogP contribution < -0.4 is 11.1 Å². The molecule has 0 saturated heterocycles. The molecule has 0 radical (unpaired) electrons. The van der Waals surface area contributed by atoms with Crippen LogP contribution in [0.1, 0.15) is 15.2 Å². The van der Waals surface area contributed by atoms with Crippen LogP contribution in [-0.4, -0.2) is 5.91 Å². The Morgan fingerprint density at radius 3 is 2.76 bits per heavy atom. The maximum atomic E-state index is 11.9. The quantitative estimate of drug-likeness (QED) is 0.856. The molecule has 2 aromatic rings. The number of nitrogen functional groups attached to an aromatic ring is 1. The van der Waals surface area contributed by atoms with Gasteiger partial charge >= 0.3 is 0 Å². The minimum Gasteiger partial charge on any atom is -0.398 e. The number of benzene rings is 1. The Labute approximate surface area is 112 Å². The van der Waals surface area contributed by atoms with Crippen molar-refractivity contribution in [2.75, 3.05) is 5.73 Å². The van der Waals surface area contributed by atoms with Crippen LogP contribution in [0.15, 0.2) is 40.2 Å².